The van der Waals surface area contributed by atoms with E-state index in [4.69, 9.17) is 0 Å². The van der Waals surface area contributed by atoms with Gasteiger partial charge in [-0.3, -0.25) is 4.79 Å². The number of hydrogen-bond donors (Lipinski definition) is 3. The lowest BCUT2D eigenvalue weighted by atomic mass is 10.1. The van der Waals surface area contributed by atoms with Crippen molar-refractivity contribution in [3.05, 3.63) is 77.4 Å². The summed E-state index contributed by atoms with van der Waals surface area (Å²) in [5.74, 6) is -0.162. The molecule has 0 spiro atoms. The minimum atomic E-state index is -0.240. The Bertz CT molecular complexity index is 1190. The second-order valence-corrected chi connectivity index (χ2v) is 6.77. The van der Waals surface area contributed by atoms with E-state index in [9.17, 15) is 15.0 Å². The minimum Gasteiger partial charge on any atom is -0.505 e. The Balaban J connectivity index is 1.68. The number of benzene rings is 3. The van der Waals surface area contributed by atoms with Gasteiger partial charge in [-0.15, -0.1) is 15.0 Å². The standard InChI is InChI=1S/C22H20N4O3/c1-14-11-15(9-10-27)12-20(21(14)28)26-24-18-8-7-16(13-19(18)25-26)22(29)23-17-5-3-2-4-6-17/h2-8,11-13,27-28H,9-10H2,1H3,(H,23,29). The Morgan fingerprint density at radius 3 is 2.55 bits per heavy atom. The van der Waals surface area contributed by atoms with Crippen LogP contribution in [0.1, 0.15) is 21.5 Å². The fourth-order valence-electron chi connectivity index (χ4n) is 3.15. The molecule has 0 saturated heterocycles. The van der Waals surface area contributed by atoms with Crippen LogP contribution in [0.2, 0.25) is 0 Å². The van der Waals surface area contributed by atoms with Gasteiger partial charge in [0.25, 0.3) is 5.91 Å². The number of hydrogen-bond acceptors (Lipinski definition) is 5. The number of anilines is 1. The van der Waals surface area contributed by atoms with Crippen LogP contribution >= 0.6 is 0 Å². The first kappa shape index (κ1) is 18.6. The normalized spacial score (nSPS) is 11.0. The lowest BCUT2D eigenvalue weighted by Crippen LogP contribution is -2.11. The average molecular weight is 388 g/mol. The van der Waals surface area contributed by atoms with Crippen LogP contribution in [-0.4, -0.2) is 37.7 Å². The highest BCUT2D eigenvalue weighted by Crippen LogP contribution is 2.28. The molecular formula is C22H20N4O3. The summed E-state index contributed by atoms with van der Waals surface area (Å²) in [5, 5.41) is 31.4. The number of rotatable bonds is 5. The van der Waals surface area contributed by atoms with Crippen LogP contribution in [0.25, 0.3) is 16.7 Å². The minimum absolute atomic E-state index is 0.0120. The Labute approximate surface area is 167 Å². The quantitative estimate of drug-likeness (QED) is 0.487. The van der Waals surface area contributed by atoms with Crippen LogP contribution in [0, 0.1) is 6.92 Å². The topological polar surface area (TPSA) is 100 Å². The number of aliphatic hydroxyl groups is 1. The van der Waals surface area contributed by atoms with Crippen LogP contribution < -0.4 is 5.32 Å². The molecule has 0 fully saturated rings. The summed E-state index contributed by atoms with van der Waals surface area (Å²) < 4.78 is 0. The smallest absolute Gasteiger partial charge is 0.255 e. The fraction of sp³-hybridized carbons (Fsp3) is 0.136. The number of nitrogens with zero attached hydrogens (tertiary/aromatic N) is 3. The first-order chi connectivity index (χ1) is 14.0. The van der Waals surface area contributed by atoms with E-state index >= 15 is 0 Å². The van der Waals surface area contributed by atoms with Crippen molar-refractivity contribution in [2.24, 2.45) is 0 Å². The van der Waals surface area contributed by atoms with Crippen molar-refractivity contribution in [2.45, 2.75) is 13.3 Å². The third kappa shape index (κ3) is 3.81. The van der Waals surface area contributed by atoms with Gasteiger partial charge in [0.15, 0.2) is 0 Å². The number of carbonyl (C=O) groups is 1. The van der Waals surface area contributed by atoms with Crippen molar-refractivity contribution < 1.29 is 15.0 Å². The van der Waals surface area contributed by atoms with Gasteiger partial charge in [0, 0.05) is 17.9 Å². The van der Waals surface area contributed by atoms with Gasteiger partial charge in [-0.1, -0.05) is 24.3 Å². The molecule has 7 heteroatoms. The van der Waals surface area contributed by atoms with Gasteiger partial charge < -0.3 is 15.5 Å². The molecule has 1 amide bonds. The van der Waals surface area contributed by atoms with Gasteiger partial charge in [0.05, 0.1) is 0 Å². The third-order valence-corrected chi connectivity index (χ3v) is 4.63. The summed E-state index contributed by atoms with van der Waals surface area (Å²) in [7, 11) is 0. The Morgan fingerprint density at radius 1 is 1.03 bits per heavy atom. The van der Waals surface area contributed by atoms with Crippen molar-refractivity contribution in [1.82, 2.24) is 15.0 Å². The zero-order valence-corrected chi connectivity index (χ0v) is 15.8. The highest BCUT2D eigenvalue weighted by Gasteiger charge is 2.14. The van der Waals surface area contributed by atoms with E-state index in [2.05, 4.69) is 15.5 Å². The van der Waals surface area contributed by atoms with Gasteiger partial charge >= 0.3 is 0 Å². The van der Waals surface area contributed by atoms with Crippen molar-refractivity contribution in [1.29, 1.82) is 0 Å². The molecule has 146 valence electrons. The Hall–Kier alpha value is -3.71. The molecule has 0 atom stereocenters. The van der Waals surface area contributed by atoms with E-state index in [1.807, 2.05) is 36.4 Å². The van der Waals surface area contributed by atoms with Gasteiger partial charge in [0.2, 0.25) is 0 Å². The number of para-hydroxylation sites is 1. The van der Waals surface area contributed by atoms with Gasteiger partial charge in [-0.2, -0.15) is 0 Å². The van der Waals surface area contributed by atoms with E-state index in [-0.39, 0.29) is 18.3 Å². The molecule has 0 saturated carbocycles. The highest BCUT2D eigenvalue weighted by atomic mass is 16.3. The number of amides is 1. The van der Waals surface area contributed by atoms with E-state index in [0.29, 0.717) is 40.0 Å². The number of fused-ring (bicyclic) bond motifs is 1. The molecule has 0 radical (unpaired) electrons. The van der Waals surface area contributed by atoms with Crippen molar-refractivity contribution in [3.63, 3.8) is 0 Å². The average Bonchev–Trinajstić information content (AvgIpc) is 3.14. The van der Waals surface area contributed by atoms with E-state index in [1.165, 1.54) is 4.80 Å². The molecule has 3 aromatic carbocycles. The molecule has 3 N–H and O–H groups in total. The second-order valence-electron chi connectivity index (χ2n) is 6.77. The molecule has 0 aliphatic heterocycles. The van der Waals surface area contributed by atoms with E-state index < -0.39 is 0 Å². The number of aromatic hydroxyl groups is 1. The molecule has 29 heavy (non-hydrogen) atoms. The van der Waals surface area contributed by atoms with E-state index in [1.54, 1.807) is 31.2 Å². The van der Waals surface area contributed by atoms with Crippen molar-refractivity contribution in [2.75, 3.05) is 11.9 Å². The summed E-state index contributed by atoms with van der Waals surface area (Å²) in [4.78, 5) is 13.9. The first-order valence-electron chi connectivity index (χ1n) is 9.22. The predicted octanol–water partition coefficient (Wildman–Crippen LogP) is 3.22. The maximum Gasteiger partial charge on any atom is 0.255 e. The number of phenols is 1. The fourth-order valence-corrected chi connectivity index (χ4v) is 3.15. The molecule has 0 aliphatic rings. The molecule has 1 heterocycles. The lowest BCUT2D eigenvalue weighted by molar-refractivity contribution is 0.102. The summed E-state index contributed by atoms with van der Waals surface area (Å²) in [6.07, 6.45) is 0.471. The monoisotopic (exact) mass is 388 g/mol. The molecule has 4 rings (SSSR count). The van der Waals surface area contributed by atoms with Crippen molar-refractivity contribution >= 4 is 22.6 Å². The zero-order chi connectivity index (χ0) is 20.4. The maximum absolute atomic E-state index is 12.5. The van der Waals surface area contributed by atoms with Gasteiger partial charge in [0.1, 0.15) is 22.5 Å². The molecule has 0 aliphatic carbocycles. The second kappa shape index (κ2) is 7.73. The molecule has 4 aromatic rings. The zero-order valence-electron chi connectivity index (χ0n) is 15.8. The molecular weight excluding hydrogens is 368 g/mol. The third-order valence-electron chi connectivity index (χ3n) is 4.63. The summed E-state index contributed by atoms with van der Waals surface area (Å²) in [5.41, 5.74) is 4.30. The number of phenolic OH excluding ortho intramolecular Hbond substituents is 1. The number of aryl methyl sites for hydroxylation is 1. The highest BCUT2D eigenvalue weighted by molar-refractivity contribution is 6.05. The maximum atomic E-state index is 12.5. The van der Waals surface area contributed by atoms with Gasteiger partial charge in [-0.25, -0.2) is 0 Å². The summed E-state index contributed by atoms with van der Waals surface area (Å²) in [6, 6.07) is 17.9. The number of aromatic nitrogens is 3. The van der Waals surface area contributed by atoms with Crippen LogP contribution in [0.15, 0.2) is 60.7 Å². The molecule has 1 aromatic heterocycles. The molecule has 0 bridgehead atoms. The first-order valence-corrected chi connectivity index (χ1v) is 9.22. The van der Waals surface area contributed by atoms with E-state index in [0.717, 1.165) is 5.56 Å². The number of carbonyl (C=O) groups excluding carboxylic acids is 1. The number of nitrogens with one attached hydrogen (secondary N) is 1. The van der Waals surface area contributed by atoms with Crippen LogP contribution in [0.5, 0.6) is 5.75 Å². The molecule has 7 nitrogen and oxygen atoms in total. The lowest BCUT2D eigenvalue weighted by Gasteiger charge is -2.09. The van der Waals surface area contributed by atoms with Gasteiger partial charge in [-0.05, 0) is 60.9 Å². The predicted molar refractivity (Wildman–Crippen MR) is 110 cm³/mol. The summed E-state index contributed by atoms with van der Waals surface area (Å²) in [6.45, 7) is 1.80. The summed E-state index contributed by atoms with van der Waals surface area (Å²) >= 11 is 0. The van der Waals surface area contributed by atoms with Crippen LogP contribution in [-0.2, 0) is 6.42 Å². The van der Waals surface area contributed by atoms with Crippen molar-refractivity contribution in [3.8, 4) is 11.4 Å². The van der Waals surface area contributed by atoms with Crippen LogP contribution in [0.3, 0.4) is 0 Å². The number of aliphatic hydroxyl groups excluding tert-OH is 1. The largest absolute Gasteiger partial charge is 0.505 e. The Kier molecular flexibility index (Phi) is 4.97. The molecule has 0 unspecified atom stereocenters. The SMILES string of the molecule is Cc1cc(CCO)cc(-n2nc3ccc(C(=O)Nc4ccccc4)cc3n2)c1O. The van der Waals surface area contributed by atoms with Crippen LogP contribution in [0.4, 0.5) is 5.69 Å². The Morgan fingerprint density at radius 2 is 1.79 bits per heavy atom.